The highest BCUT2D eigenvalue weighted by Gasteiger charge is 2.11. The summed E-state index contributed by atoms with van der Waals surface area (Å²) in [6.45, 7) is 2.10. The highest BCUT2D eigenvalue weighted by molar-refractivity contribution is 7.21. The van der Waals surface area contributed by atoms with Crippen molar-refractivity contribution in [3.05, 3.63) is 84.6 Å². The fraction of sp³-hybridized carbons (Fsp3) is 0.0833. The van der Waals surface area contributed by atoms with Gasteiger partial charge in [0.05, 0.1) is 22.1 Å². The molecule has 5 rings (SSSR count). The Labute approximate surface area is 168 Å². The van der Waals surface area contributed by atoms with E-state index in [1.54, 1.807) is 11.3 Å². The van der Waals surface area contributed by atoms with E-state index >= 15 is 0 Å². The third-order valence-corrected chi connectivity index (χ3v) is 6.10. The average Bonchev–Trinajstić information content (AvgIpc) is 3.32. The molecule has 0 N–H and O–H groups in total. The molecule has 3 nitrogen and oxygen atoms in total. The lowest BCUT2D eigenvalue weighted by Crippen LogP contribution is -1.95. The summed E-state index contributed by atoms with van der Waals surface area (Å²) in [4.78, 5) is 9.42. The van der Waals surface area contributed by atoms with Gasteiger partial charge in [0.15, 0.2) is 0 Å². The molecule has 136 valence electrons. The molecule has 28 heavy (non-hydrogen) atoms. The zero-order valence-corrected chi connectivity index (χ0v) is 16.6. The van der Waals surface area contributed by atoms with Crippen LogP contribution in [0.4, 0.5) is 0 Å². The third kappa shape index (κ3) is 2.92. The molecule has 3 aromatic carbocycles. The quantitative estimate of drug-likeness (QED) is 0.365. The summed E-state index contributed by atoms with van der Waals surface area (Å²) in [6.07, 6.45) is 1.95. The number of imidazole rings is 1. The number of nitrogens with zero attached hydrogens (tertiary/aromatic N) is 3. The Morgan fingerprint density at radius 3 is 2.21 bits per heavy atom. The Hall–Kier alpha value is -3.24. The highest BCUT2D eigenvalue weighted by atomic mass is 32.1. The zero-order chi connectivity index (χ0) is 19.1. The standard InChI is InChI=1S/C24H19N3S/c1-16-7-9-17(10-8-16)21-15-25-23(27(21)2)18-11-13-19(14-12-18)24-26-20-5-3-4-6-22(20)28-24/h3-15H,1-2H3. The second-order valence-electron chi connectivity index (χ2n) is 6.96. The van der Waals surface area contributed by atoms with Crippen LogP contribution in [0.15, 0.2) is 79.0 Å². The molecular weight excluding hydrogens is 362 g/mol. The Kier molecular flexibility index (Phi) is 4.06. The van der Waals surface area contributed by atoms with Crippen molar-refractivity contribution in [2.45, 2.75) is 6.92 Å². The maximum atomic E-state index is 4.75. The molecule has 0 unspecified atom stereocenters. The molecule has 0 aliphatic rings. The van der Waals surface area contributed by atoms with Crippen molar-refractivity contribution in [3.63, 3.8) is 0 Å². The van der Waals surface area contributed by atoms with Crippen LogP contribution < -0.4 is 0 Å². The number of rotatable bonds is 3. The van der Waals surface area contributed by atoms with Crippen LogP contribution in [-0.2, 0) is 7.05 Å². The third-order valence-electron chi connectivity index (χ3n) is 5.02. The number of thiazole rings is 1. The van der Waals surface area contributed by atoms with Crippen molar-refractivity contribution in [2.75, 3.05) is 0 Å². The largest absolute Gasteiger partial charge is 0.327 e. The second kappa shape index (κ2) is 6.73. The van der Waals surface area contributed by atoms with E-state index in [0.29, 0.717) is 0 Å². The molecule has 5 aromatic rings. The number of aromatic nitrogens is 3. The average molecular weight is 382 g/mol. The van der Waals surface area contributed by atoms with Crippen LogP contribution in [0.3, 0.4) is 0 Å². The Morgan fingerprint density at radius 2 is 1.46 bits per heavy atom. The summed E-state index contributed by atoms with van der Waals surface area (Å²) in [5, 5.41) is 1.05. The Balaban J connectivity index is 1.48. The van der Waals surface area contributed by atoms with E-state index in [0.717, 1.165) is 33.2 Å². The summed E-state index contributed by atoms with van der Waals surface area (Å²) in [7, 11) is 2.07. The molecule has 0 amide bonds. The fourth-order valence-corrected chi connectivity index (χ4v) is 4.40. The van der Waals surface area contributed by atoms with Gasteiger partial charge in [-0.1, -0.05) is 66.2 Å². The van der Waals surface area contributed by atoms with Gasteiger partial charge in [-0.25, -0.2) is 9.97 Å². The van der Waals surface area contributed by atoms with Crippen LogP contribution >= 0.6 is 11.3 Å². The smallest absolute Gasteiger partial charge is 0.140 e. The highest BCUT2D eigenvalue weighted by Crippen LogP contribution is 2.32. The van der Waals surface area contributed by atoms with E-state index in [1.807, 2.05) is 12.3 Å². The lowest BCUT2D eigenvalue weighted by molar-refractivity contribution is 0.933. The number of fused-ring (bicyclic) bond motifs is 1. The topological polar surface area (TPSA) is 30.7 Å². The van der Waals surface area contributed by atoms with Gasteiger partial charge < -0.3 is 4.57 Å². The maximum Gasteiger partial charge on any atom is 0.140 e. The van der Waals surface area contributed by atoms with E-state index < -0.39 is 0 Å². The van der Waals surface area contributed by atoms with Crippen molar-refractivity contribution in [3.8, 4) is 33.2 Å². The lowest BCUT2D eigenvalue weighted by Gasteiger charge is -2.07. The number of para-hydroxylation sites is 1. The van der Waals surface area contributed by atoms with Gasteiger partial charge in [-0.3, -0.25) is 0 Å². The maximum absolute atomic E-state index is 4.75. The van der Waals surface area contributed by atoms with Crippen LogP contribution in [0.5, 0.6) is 0 Å². The molecule has 0 saturated carbocycles. The molecule has 0 fully saturated rings. The van der Waals surface area contributed by atoms with Crippen molar-refractivity contribution in [1.82, 2.24) is 14.5 Å². The van der Waals surface area contributed by atoms with Gasteiger partial charge in [0.2, 0.25) is 0 Å². The SMILES string of the molecule is Cc1ccc(-c2cnc(-c3ccc(-c4nc5ccccc5s4)cc3)n2C)cc1. The van der Waals surface area contributed by atoms with Gasteiger partial charge >= 0.3 is 0 Å². The van der Waals surface area contributed by atoms with Gasteiger partial charge in [-0.05, 0) is 24.6 Å². The van der Waals surface area contributed by atoms with Gasteiger partial charge in [0.1, 0.15) is 10.8 Å². The van der Waals surface area contributed by atoms with Gasteiger partial charge in [-0.15, -0.1) is 11.3 Å². The van der Waals surface area contributed by atoms with Crippen molar-refractivity contribution < 1.29 is 0 Å². The molecule has 2 aromatic heterocycles. The number of benzene rings is 3. The first-order valence-corrected chi connectivity index (χ1v) is 10.1. The van der Waals surface area contributed by atoms with Crippen molar-refractivity contribution >= 4 is 21.6 Å². The van der Waals surface area contributed by atoms with E-state index in [9.17, 15) is 0 Å². The number of hydrogen-bond acceptors (Lipinski definition) is 3. The summed E-state index contributed by atoms with van der Waals surface area (Å²) in [6, 6.07) is 25.3. The molecule has 0 bridgehead atoms. The second-order valence-corrected chi connectivity index (χ2v) is 7.99. The first-order valence-electron chi connectivity index (χ1n) is 9.24. The minimum absolute atomic E-state index is 0.964. The lowest BCUT2D eigenvalue weighted by atomic mass is 10.1. The first kappa shape index (κ1) is 16.9. The molecular formula is C24H19N3S. The molecule has 0 aliphatic carbocycles. The summed E-state index contributed by atoms with van der Waals surface area (Å²) in [5.74, 6) is 0.964. The van der Waals surface area contributed by atoms with Crippen LogP contribution in [-0.4, -0.2) is 14.5 Å². The van der Waals surface area contributed by atoms with E-state index in [4.69, 9.17) is 4.98 Å². The zero-order valence-electron chi connectivity index (χ0n) is 15.8. The summed E-state index contributed by atoms with van der Waals surface area (Å²) < 4.78 is 3.37. The molecule has 0 spiro atoms. The van der Waals surface area contributed by atoms with E-state index in [1.165, 1.54) is 15.8 Å². The van der Waals surface area contributed by atoms with Crippen LogP contribution in [0, 0.1) is 6.92 Å². The van der Waals surface area contributed by atoms with Crippen molar-refractivity contribution in [1.29, 1.82) is 0 Å². The molecule has 2 heterocycles. The minimum atomic E-state index is 0.964. The molecule has 0 radical (unpaired) electrons. The molecule has 0 aliphatic heterocycles. The predicted octanol–water partition coefficient (Wildman–Crippen LogP) is 6.34. The number of hydrogen-bond donors (Lipinski definition) is 0. The van der Waals surface area contributed by atoms with Crippen LogP contribution in [0.2, 0.25) is 0 Å². The fourth-order valence-electron chi connectivity index (χ4n) is 3.43. The van der Waals surface area contributed by atoms with Crippen molar-refractivity contribution in [2.24, 2.45) is 7.05 Å². The van der Waals surface area contributed by atoms with Gasteiger partial charge in [0, 0.05) is 18.2 Å². The molecule has 0 atom stereocenters. The van der Waals surface area contributed by atoms with E-state index in [2.05, 4.69) is 90.3 Å². The summed E-state index contributed by atoms with van der Waals surface area (Å²) >= 11 is 1.73. The summed E-state index contributed by atoms with van der Waals surface area (Å²) in [5.41, 5.74) is 6.85. The monoisotopic (exact) mass is 381 g/mol. The minimum Gasteiger partial charge on any atom is -0.327 e. The van der Waals surface area contributed by atoms with Gasteiger partial charge in [-0.2, -0.15) is 0 Å². The van der Waals surface area contributed by atoms with Crippen LogP contribution in [0.1, 0.15) is 5.56 Å². The van der Waals surface area contributed by atoms with Crippen LogP contribution in [0.25, 0.3) is 43.4 Å². The first-order chi connectivity index (χ1) is 13.7. The molecule has 4 heteroatoms. The normalized spacial score (nSPS) is 11.2. The Bertz CT molecular complexity index is 1230. The Morgan fingerprint density at radius 1 is 0.786 bits per heavy atom. The predicted molar refractivity (Wildman–Crippen MR) is 117 cm³/mol. The van der Waals surface area contributed by atoms with Gasteiger partial charge in [0.25, 0.3) is 0 Å². The molecule has 0 saturated heterocycles. The number of aryl methyl sites for hydroxylation is 1. The van der Waals surface area contributed by atoms with E-state index in [-0.39, 0.29) is 0 Å².